The summed E-state index contributed by atoms with van der Waals surface area (Å²) in [5.41, 5.74) is 0. The number of carbonyl (C=O) groups is 2. The van der Waals surface area contributed by atoms with Gasteiger partial charge in [0.2, 0.25) is 5.91 Å². The summed E-state index contributed by atoms with van der Waals surface area (Å²) in [7, 11) is 0. The fourth-order valence-electron chi connectivity index (χ4n) is 2.70. The van der Waals surface area contributed by atoms with Crippen molar-refractivity contribution in [1.82, 2.24) is 10.2 Å². The minimum absolute atomic E-state index is 0.0296. The lowest BCUT2D eigenvalue weighted by atomic mass is 10.1. The van der Waals surface area contributed by atoms with Gasteiger partial charge in [0.05, 0.1) is 13.1 Å². The van der Waals surface area contributed by atoms with Gasteiger partial charge < -0.3 is 15.0 Å². The third-order valence-corrected chi connectivity index (χ3v) is 5.07. The van der Waals surface area contributed by atoms with Crippen LogP contribution in [0.4, 0.5) is 0 Å². The standard InChI is InChI=1S/C21H22N2O3S/c1-2-23(14-20(24)22-13-19-8-5-11-27-19)21(25)15-26-18-10-9-16-6-3-4-7-17(16)12-18/h3-12H,2,13-15H2,1H3,(H,22,24). The first-order chi connectivity index (χ1) is 13.2. The van der Waals surface area contributed by atoms with Crippen molar-refractivity contribution >= 4 is 33.9 Å². The average molecular weight is 382 g/mol. The summed E-state index contributed by atoms with van der Waals surface area (Å²) < 4.78 is 5.64. The van der Waals surface area contributed by atoms with E-state index >= 15 is 0 Å². The number of benzene rings is 2. The number of rotatable bonds is 8. The van der Waals surface area contributed by atoms with Gasteiger partial charge in [0.1, 0.15) is 5.75 Å². The van der Waals surface area contributed by atoms with Crippen LogP contribution in [0, 0.1) is 0 Å². The lowest BCUT2D eigenvalue weighted by Gasteiger charge is -2.20. The molecule has 5 nitrogen and oxygen atoms in total. The largest absolute Gasteiger partial charge is 0.484 e. The van der Waals surface area contributed by atoms with E-state index in [9.17, 15) is 9.59 Å². The SMILES string of the molecule is CCN(CC(=O)NCc1cccs1)C(=O)COc1ccc2ccccc2c1. The lowest BCUT2D eigenvalue weighted by molar-refractivity contribution is -0.137. The molecule has 0 unspecified atom stereocenters. The van der Waals surface area contributed by atoms with Crippen molar-refractivity contribution in [3.05, 3.63) is 64.9 Å². The Hall–Kier alpha value is -2.86. The van der Waals surface area contributed by atoms with E-state index in [1.807, 2.05) is 66.9 Å². The first kappa shape index (κ1) is 18.9. The zero-order chi connectivity index (χ0) is 19.1. The molecule has 0 atom stereocenters. The number of nitrogens with zero attached hydrogens (tertiary/aromatic N) is 1. The fraction of sp³-hybridized carbons (Fsp3) is 0.238. The van der Waals surface area contributed by atoms with Crippen molar-refractivity contribution < 1.29 is 14.3 Å². The van der Waals surface area contributed by atoms with Gasteiger partial charge in [0.15, 0.2) is 6.61 Å². The molecule has 2 amide bonds. The van der Waals surface area contributed by atoms with E-state index in [2.05, 4.69) is 5.32 Å². The first-order valence-electron chi connectivity index (χ1n) is 8.84. The van der Waals surface area contributed by atoms with Gasteiger partial charge in [0.25, 0.3) is 5.91 Å². The summed E-state index contributed by atoms with van der Waals surface area (Å²) in [6.07, 6.45) is 0. The van der Waals surface area contributed by atoms with Crippen LogP contribution in [0.25, 0.3) is 10.8 Å². The highest BCUT2D eigenvalue weighted by molar-refractivity contribution is 7.09. The molecule has 6 heteroatoms. The zero-order valence-corrected chi connectivity index (χ0v) is 16.0. The predicted octanol–water partition coefficient (Wildman–Crippen LogP) is 3.45. The molecule has 0 radical (unpaired) electrons. The quantitative estimate of drug-likeness (QED) is 0.649. The van der Waals surface area contributed by atoms with Crippen molar-refractivity contribution in [1.29, 1.82) is 0 Å². The topological polar surface area (TPSA) is 58.6 Å². The molecule has 3 rings (SSSR count). The van der Waals surface area contributed by atoms with Crippen LogP contribution in [0.5, 0.6) is 5.75 Å². The summed E-state index contributed by atoms with van der Waals surface area (Å²) in [5.74, 6) is 0.251. The van der Waals surface area contributed by atoms with Crippen molar-refractivity contribution in [2.75, 3.05) is 19.7 Å². The summed E-state index contributed by atoms with van der Waals surface area (Å²) >= 11 is 1.59. The summed E-state index contributed by atoms with van der Waals surface area (Å²) in [6.45, 7) is 2.72. The second kappa shape index (κ2) is 9.19. The van der Waals surface area contributed by atoms with Crippen LogP contribution in [0.1, 0.15) is 11.8 Å². The lowest BCUT2D eigenvalue weighted by Crippen LogP contribution is -2.42. The van der Waals surface area contributed by atoms with Crippen molar-refractivity contribution in [3.8, 4) is 5.75 Å². The van der Waals surface area contributed by atoms with Crippen molar-refractivity contribution in [2.45, 2.75) is 13.5 Å². The molecule has 2 aromatic carbocycles. The molecular formula is C21H22N2O3S. The third-order valence-electron chi connectivity index (χ3n) is 4.19. The number of thiophene rings is 1. The van der Waals surface area contributed by atoms with Gasteiger partial charge in [0, 0.05) is 11.4 Å². The molecular weight excluding hydrogens is 360 g/mol. The molecule has 0 saturated carbocycles. The van der Waals surface area contributed by atoms with Gasteiger partial charge in [-0.25, -0.2) is 0 Å². The van der Waals surface area contributed by atoms with Crippen LogP contribution in [-0.2, 0) is 16.1 Å². The second-order valence-electron chi connectivity index (χ2n) is 6.06. The molecule has 0 aliphatic carbocycles. The monoisotopic (exact) mass is 382 g/mol. The van der Waals surface area contributed by atoms with E-state index in [0.717, 1.165) is 15.6 Å². The Balaban J connectivity index is 1.50. The Labute approximate surface area is 162 Å². The molecule has 3 aromatic rings. The van der Waals surface area contributed by atoms with Gasteiger partial charge in [-0.1, -0.05) is 36.4 Å². The normalized spacial score (nSPS) is 10.6. The minimum atomic E-state index is -0.211. The highest BCUT2D eigenvalue weighted by Gasteiger charge is 2.16. The van der Waals surface area contributed by atoms with Gasteiger partial charge in [-0.3, -0.25) is 9.59 Å². The summed E-state index contributed by atoms with van der Waals surface area (Å²) in [4.78, 5) is 27.1. The van der Waals surface area contributed by atoms with Gasteiger partial charge in [-0.15, -0.1) is 11.3 Å². The molecule has 0 saturated heterocycles. The molecule has 0 fully saturated rings. The maximum atomic E-state index is 12.4. The Morgan fingerprint density at radius 3 is 2.63 bits per heavy atom. The molecule has 140 valence electrons. The summed E-state index contributed by atoms with van der Waals surface area (Å²) in [5, 5.41) is 6.98. The maximum absolute atomic E-state index is 12.4. The van der Waals surface area contributed by atoms with Crippen molar-refractivity contribution in [2.24, 2.45) is 0 Å². The number of fused-ring (bicyclic) bond motifs is 1. The van der Waals surface area contributed by atoms with Crippen LogP contribution in [-0.4, -0.2) is 36.4 Å². The Bertz CT molecular complexity index is 909. The van der Waals surface area contributed by atoms with E-state index in [4.69, 9.17) is 4.74 Å². The molecule has 1 N–H and O–H groups in total. The Morgan fingerprint density at radius 1 is 1.07 bits per heavy atom. The highest BCUT2D eigenvalue weighted by atomic mass is 32.1. The van der Waals surface area contributed by atoms with E-state index in [1.54, 1.807) is 11.3 Å². The van der Waals surface area contributed by atoms with E-state index in [1.165, 1.54) is 4.90 Å². The molecule has 0 bridgehead atoms. The fourth-order valence-corrected chi connectivity index (χ4v) is 3.34. The van der Waals surface area contributed by atoms with Crippen molar-refractivity contribution in [3.63, 3.8) is 0 Å². The highest BCUT2D eigenvalue weighted by Crippen LogP contribution is 2.20. The number of carbonyl (C=O) groups excluding carboxylic acids is 2. The molecule has 0 spiro atoms. The molecule has 0 aliphatic heterocycles. The van der Waals surface area contributed by atoms with E-state index in [-0.39, 0.29) is 25.0 Å². The first-order valence-corrected chi connectivity index (χ1v) is 9.72. The van der Waals surface area contributed by atoms with Gasteiger partial charge in [-0.05, 0) is 41.3 Å². The number of ether oxygens (including phenoxy) is 1. The number of amides is 2. The Kier molecular flexibility index (Phi) is 6.44. The average Bonchev–Trinajstić information content (AvgIpc) is 3.22. The van der Waals surface area contributed by atoms with Crippen LogP contribution in [0.3, 0.4) is 0 Å². The molecule has 27 heavy (non-hydrogen) atoms. The smallest absolute Gasteiger partial charge is 0.260 e. The Morgan fingerprint density at radius 2 is 1.89 bits per heavy atom. The van der Waals surface area contributed by atoms with Gasteiger partial charge in [-0.2, -0.15) is 0 Å². The van der Waals surface area contributed by atoms with Crippen LogP contribution >= 0.6 is 11.3 Å². The number of hydrogen-bond donors (Lipinski definition) is 1. The van der Waals surface area contributed by atoms with Crippen LogP contribution in [0.15, 0.2) is 60.0 Å². The van der Waals surface area contributed by atoms with Crippen LogP contribution < -0.4 is 10.1 Å². The molecule has 0 aliphatic rings. The van der Waals surface area contributed by atoms with E-state index < -0.39 is 0 Å². The minimum Gasteiger partial charge on any atom is -0.484 e. The maximum Gasteiger partial charge on any atom is 0.260 e. The predicted molar refractivity (Wildman–Crippen MR) is 108 cm³/mol. The van der Waals surface area contributed by atoms with Gasteiger partial charge >= 0.3 is 0 Å². The molecule has 1 heterocycles. The summed E-state index contributed by atoms with van der Waals surface area (Å²) in [6, 6.07) is 17.6. The molecule has 1 aromatic heterocycles. The third kappa shape index (κ3) is 5.31. The number of hydrogen-bond acceptors (Lipinski definition) is 4. The van der Waals surface area contributed by atoms with E-state index in [0.29, 0.717) is 18.8 Å². The number of likely N-dealkylation sites (N-methyl/N-ethyl adjacent to an activating group) is 1. The number of nitrogens with one attached hydrogen (secondary N) is 1. The zero-order valence-electron chi connectivity index (χ0n) is 15.2. The second-order valence-corrected chi connectivity index (χ2v) is 7.09. The van der Waals surface area contributed by atoms with Crippen LogP contribution in [0.2, 0.25) is 0 Å².